The molecule has 0 unspecified atom stereocenters. The van der Waals surface area contributed by atoms with E-state index in [-0.39, 0.29) is 5.69 Å². The number of aromatic nitrogens is 2. The Balaban J connectivity index is 2.02. The van der Waals surface area contributed by atoms with Crippen molar-refractivity contribution in [1.82, 2.24) is 10.2 Å². The summed E-state index contributed by atoms with van der Waals surface area (Å²) in [6.07, 6.45) is 0.626. The second-order valence-corrected chi connectivity index (χ2v) is 4.92. The molecule has 0 N–H and O–H groups in total. The molecule has 0 saturated carbocycles. The van der Waals surface area contributed by atoms with Crippen LogP contribution in [0.5, 0.6) is 0 Å². The van der Waals surface area contributed by atoms with Crippen molar-refractivity contribution >= 4 is 6.29 Å². The fraction of sp³-hybridized carbons (Fsp3) is 0. The summed E-state index contributed by atoms with van der Waals surface area (Å²) in [5.41, 5.74) is 3.65. The SMILES string of the molecule is N#Cc1c(C#Cc2ccc(C=O)nn2)cccc1-c1ccccc1. The third-order valence-electron chi connectivity index (χ3n) is 3.39. The Bertz CT molecular complexity index is 975. The quantitative estimate of drug-likeness (QED) is 0.538. The van der Waals surface area contributed by atoms with Crippen LogP contribution in [0, 0.1) is 23.2 Å². The summed E-state index contributed by atoms with van der Waals surface area (Å²) in [5.74, 6) is 5.84. The van der Waals surface area contributed by atoms with E-state index in [1.54, 1.807) is 18.2 Å². The molecule has 0 aliphatic carbocycles. The molecule has 0 fully saturated rings. The van der Waals surface area contributed by atoms with Gasteiger partial charge in [0.2, 0.25) is 0 Å². The molecule has 4 heteroatoms. The summed E-state index contributed by atoms with van der Waals surface area (Å²) < 4.78 is 0. The predicted molar refractivity (Wildman–Crippen MR) is 90.0 cm³/mol. The number of benzene rings is 2. The van der Waals surface area contributed by atoms with E-state index in [1.165, 1.54) is 0 Å². The van der Waals surface area contributed by atoms with Crippen LogP contribution in [0.3, 0.4) is 0 Å². The van der Waals surface area contributed by atoms with E-state index in [2.05, 4.69) is 28.1 Å². The van der Waals surface area contributed by atoms with Crippen LogP contribution in [0.1, 0.15) is 27.3 Å². The van der Waals surface area contributed by atoms with Gasteiger partial charge in [-0.3, -0.25) is 4.79 Å². The summed E-state index contributed by atoms with van der Waals surface area (Å²) in [4.78, 5) is 10.6. The van der Waals surface area contributed by atoms with E-state index < -0.39 is 0 Å². The fourth-order valence-corrected chi connectivity index (χ4v) is 2.24. The Kier molecular flexibility index (Phi) is 4.42. The van der Waals surface area contributed by atoms with Crippen molar-refractivity contribution < 1.29 is 4.79 Å². The molecule has 1 heterocycles. The minimum atomic E-state index is 0.254. The van der Waals surface area contributed by atoms with Crippen LogP contribution in [-0.4, -0.2) is 16.5 Å². The van der Waals surface area contributed by atoms with Crippen LogP contribution in [-0.2, 0) is 0 Å². The summed E-state index contributed by atoms with van der Waals surface area (Å²) in [5, 5.41) is 17.1. The van der Waals surface area contributed by atoms with Gasteiger partial charge < -0.3 is 0 Å². The van der Waals surface area contributed by atoms with E-state index >= 15 is 0 Å². The summed E-state index contributed by atoms with van der Waals surface area (Å²) >= 11 is 0. The first-order valence-electron chi connectivity index (χ1n) is 7.21. The van der Waals surface area contributed by atoms with Crippen LogP contribution in [0.25, 0.3) is 11.1 Å². The lowest BCUT2D eigenvalue weighted by Crippen LogP contribution is -1.93. The van der Waals surface area contributed by atoms with Crippen LogP contribution in [0.15, 0.2) is 60.7 Å². The van der Waals surface area contributed by atoms with Crippen molar-refractivity contribution in [3.8, 4) is 29.0 Å². The lowest BCUT2D eigenvalue weighted by Gasteiger charge is -2.05. The number of rotatable bonds is 2. The Morgan fingerprint density at radius 3 is 2.38 bits per heavy atom. The molecule has 3 aromatic rings. The Morgan fingerprint density at radius 2 is 1.71 bits per heavy atom. The lowest BCUT2D eigenvalue weighted by atomic mass is 9.96. The molecule has 0 atom stereocenters. The van der Waals surface area contributed by atoms with Gasteiger partial charge in [0.15, 0.2) is 6.29 Å². The first kappa shape index (κ1) is 15.1. The summed E-state index contributed by atoms with van der Waals surface area (Å²) in [6, 6.07) is 20.7. The lowest BCUT2D eigenvalue weighted by molar-refractivity contribution is 0.111. The third-order valence-corrected chi connectivity index (χ3v) is 3.39. The van der Waals surface area contributed by atoms with Gasteiger partial charge in [0, 0.05) is 11.1 Å². The zero-order chi connectivity index (χ0) is 16.8. The maximum Gasteiger partial charge on any atom is 0.170 e. The van der Waals surface area contributed by atoms with Gasteiger partial charge in [-0.2, -0.15) is 5.26 Å². The minimum Gasteiger partial charge on any atom is -0.296 e. The van der Waals surface area contributed by atoms with Crippen LogP contribution in [0.2, 0.25) is 0 Å². The number of carbonyl (C=O) groups is 1. The average molecular weight is 309 g/mol. The van der Waals surface area contributed by atoms with Gasteiger partial charge in [0.05, 0.1) is 5.56 Å². The van der Waals surface area contributed by atoms with Crippen LogP contribution < -0.4 is 0 Å². The molecule has 0 radical (unpaired) electrons. The number of hydrogen-bond donors (Lipinski definition) is 0. The topological polar surface area (TPSA) is 66.6 Å². The molecule has 0 amide bonds. The normalized spacial score (nSPS) is 9.46. The van der Waals surface area contributed by atoms with Crippen molar-refractivity contribution in [3.63, 3.8) is 0 Å². The molecular weight excluding hydrogens is 298 g/mol. The van der Waals surface area contributed by atoms with E-state index in [0.717, 1.165) is 11.1 Å². The maximum atomic E-state index is 10.6. The van der Waals surface area contributed by atoms with Gasteiger partial charge in [-0.05, 0) is 29.7 Å². The van der Waals surface area contributed by atoms with Crippen molar-refractivity contribution in [1.29, 1.82) is 5.26 Å². The first-order chi connectivity index (χ1) is 11.8. The molecule has 1 aromatic heterocycles. The van der Waals surface area contributed by atoms with Crippen molar-refractivity contribution in [2.24, 2.45) is 0 Å². The van der Waals surface area contributed by atoms with Gasteiger partial charge in [-0.25, -0.2) is 0 Å². The monoisotopic (exact) mass is 309 g/mol. The number of carbonyl (C=O) groups excluding carboxylic acids is 1. The molecule has 0 aliphatic rings. The number of nitriles is 1. The van der Waals surface area contributed by atoms with Crippen LogP contribution >= 0.6 is 0 Å². The predicted octanol–water partition coefficient (Wildman–Crippen LogP) is 3.23. The fourth-order valence-electron chi connectivity index (χ4n) is 2.24. The molecule has 0 aliphatic heterocycles. The van der Waals surface area contributed by atoms with E-state index in [1.807, 2.05) is 42.5 Å². The van der Waals surface area contributed by atoms with Gasteiger partial charge in [-0.1, -0.05) is 48.4 Å². The zero-order valence-corrected chi connectivity index (χ0v) is 12.6. The highest BCUT2D eigenvalue weighted by atomic mass is 16.1. The molecule has 24 heavy (non-hydrogen) atoms. The van der Waals surface area contributed by atoms with Crippen LogP contribution in [0.4, 0.5) is 0 Å². The van der Waals surface area contributed by atoms with E-state index in [0.29, 0.717) is 23.1 Å². The Labute approximate surface area is 139 Å². The molecule has 0 saturated heterocycles. The highest BCUT2D eigenvalue weighted by Gasteiger charge is 2.08. The minimum absolute atomic E-state index is 0.254. The second-order valence-electron chi connectivity index (χ2n) is 4.92. The number of hydrogen-bond acceptors (Lipinski definition) is 4. The first-order valence-corrected chi connectivity index (χ1v) is 7.21. The largest absolute Gasteiger partial charge is 0.296 e. The Hall–Kier alpha value is -3.76. The number of nitrogens with zero attached hydrogens (tertiary/aromatic N) is 3. The molecule has 0 bridgehead atoms. The molecule has 4 nitrogen and oxygen atoms in total. The van der Waals surface area contributed by atoms with Crippen molar-refractivity contribution in [2.75, 3.05) is 0 Å². The van der Waals surface area contributed by atoms with Gasteiger partial charge in [-0.15, -0.1) is 10.2 Å². The number of aldehydes is 1. The molecule has 3 rings (SSSR count). The zero-order valence-electron chi connectivity index (χ0n) is 12.6. The van der Waals surface area contributed by atoms with E-state index in [9.17, 15) is 10.1 Å². The maximum absolute atomic E-state index is 10.6. The van der Waals surface area contributed by atoms with E-state index in [4.69, 9.17) is 0 Å². The third kappa shape index (κ3) is 3.19. The standard InChI is InChI=1S/C20H11N3O/c21-13-20-16(9-10-17-11-12-18(14-24)23-22-17)7-4-8-19(20)15-5-2-1-3-6-15/h1-8,11-12,14H. The Morgan fingerprint density at radius 1 is 0.875 bits per heavy atom. The average Bonchev–Trinajstić information content (AvgIpc) is 2.67. The van der Waals surface area contributed by atoms with Crippen molar-refractivity contribution in [3.05, 3.63) is 83.2 Å². The highest BCUT2D eigenvalue weighted by Crippen LogP contribution is 2.25. The molecule has 112 valence electrons. The summed E-state index contributed by atoms with van der Waals surface area (Å²) in [6.45, 7) is 0. The van der Waals surface area contributed by atoms with Crippen molar-refractivity contribution in [2.45, 2.75) is 0 Å². The smallest absolute Gasteiger partial charge is 0.170 e. The molecule has 0 spiro atoms. The molecule has 2 aromatic carbocycles. The van der Waals surface area contributed by atoms with Gasteiger partial charge in [0.25, 0.3) is 0 Å². The second kappa shape index (κ2) is 7.00. The highest BCUT2D eigenvalue weighted by molar-refractivity contribution is 5.74. The van der Waals surface area contributed by atoms with Gasteiger partial charge in [0.1, 0.15) is 17.5 Å². The summed E-state index contributed by atoms with van der Waals surface area (Å²) in [7, 11) is 0. The van der Waals surface area contributed by atoms with Gasteiger partial charge >= 0.3 is 0 Å². The molecular formula is C20H11N3O.